The minimum absolute atomic E-state index is 0.0686. The monoisotopic (exact) mass is 469 g/mol. The molecule has 0 fully saturated rings. The third-order valence-corrected chi connectivity index (χ3v) is 6.69. The molecule has 6 heteroatoms. The fourth-order valence-corrected chi connectivity index (χ4v) is 4.59. The molecule has 2 rings (SSSR count). The van der Waals surface area contributed by atoms with Crippen LogP contribution in [0.4, 0.5) is 0 Å². The van der Waals surface area contributed by atoms with Gasteiger partial charge < -0.3 is 19.1 Å². The van der Waals surface area contributed by atoms with Crippen LogP contribution in [0, 0.1) is 12.8 Å². The molecule has 0 aliphatic carbocycles. The van der Waals surface area contributed by atoms with Crippen LogP contribution >= 0.6 is 0 Å². The molecule has 0 N–H and O–H groups in total. The Morgan fingerprint density at radius 1 is 1.00 bits per heavy atom. The molecule has 0 heterocycles. The predicted molar refractivity (Wildman–Crippen MR) is 134 cm³/mol. The maximum absolute atomic E-state index is 13.1. The van der Waals surface area contributed by atoms with E-state index in [0.29, 0.717) is 12.0 Å². The van der Waals surface area contributed by atoms with Crippen molar-refractivity contribution in [1.82, 2.24) is 4.90 Å². The predicted octanol–water partition coefficient (Wildman–Crippen LogP) is 4.81. The molecule has 0 saturated carbocycles. The summed E-state index contributed by atoms with van der Waals surface area (Å²) in [7, 11) is 6.59. The van der Waals surface area contributed by atoms with Crippen LogP contribution in [0.1, 0.15) is 53.7 Å². The van der Waals surface area contributed by atoms with Gasteiger partial charge >= 0.3 is 11.9 Å². The molecule has 1 atom stereocenters. The highest BCUT2D eigenvalue weighted by Gasteiger charge is 2.44. The molecule has 6 nitrogen and oxygen atoms in total. The van der Waals surface area contributed by atoms with Crippen LogP contribution in [0.5, 0.6) is 5.75 Å². The van der Waals surface area contributed by atoms with Gasteiger partial charge in [0.15, 0.2) is 0 Å². The number of carbonyl (C=O) groups is 2. The first-order valence-electron chi connectivity index (χ1n) is 11.8. The molecule has 0 aromatic heterocycles. The number of nitrogens with zero attached hydrogens (tertiary/aromatic N) is 1. The summed E-state index contributed by atoms with van der Waals surface area (Å²) < 4.78 is 15.5. The minimum atomic E-state index is -0.721. The van der Waals surface area contributed by atoms with Crippen LogP contribution < -0.4 is 4.74 Å². The highest BCUT2D eigenvalue weighted by Crippen LogP contribution is 2.40. The Labute approximate surface area is 204 Å². The highest BCUT2D eigenvalue weighted by molar-refractivity contribution is 5.89. The van der Waals surface area contributed by atoms with Crippen LogP contribution in [0.15, 0.2) is 42.5 Å². The number of methoxy groups -OCH3 is 3. The third kappa shape index (κ3) is 6.38. The number of hydrogen-bond donors (Lipinski definition) is 0. The lowest BCUT2D eigenvalue weighted by Crippen LogP contribution is -2.42. The number of likely N-dealkylation sites (N-methyl/N-ethyl adjacent to an activating group) is 1. The van der Waals surface area contributed by atoms with E-state index < -0.39 is 5.41 Å². The molecule has 0 saturated heterocycles. The topological polar surface area (TPSA) is 65.1 Å². The van der Waals surface area contributed by atoms with E-state index >= 15 is 0 Å². The quantitative estimate of drug-likeness (QED) is 0.416. The van der Waals surface area contributed by atoms with Gasteiger partial charge in [-0.15, -0.1) is 0 Å². The molecule has 2 aromatic rings. The average Bonchev–Trinajstić information content (AvgIpc) is 2.84. The molecule has 186 valence electrons. The normalized spacial score (nSPS) is 13.0. The summed E-state index contributed by atoms with van der Waals surface area (Å²) in [5.41, 5.74) is 2.91. The lowest BCUT2D eigenvalue weighted by Gasteiger charge is -2.36. The molecule has 0 aliphatic heterocycles. The first-order valence-corrected chi connectivity index (χ1v) is 11.8. The molecular weight excluding hydrogens is 430 g/mol. The second-order valence-electron chi connectivity index (χ2n) is 9.15. The van der Waals surface area contributed by atoms with Crippen molar-refractivity contribution in [2.24, 2.45) is 5.92 Å². The second-order valence-corrected chi connectivity index (χ2v) is 9.15. The standard InChI is InChI=1S/C28H39NO5/c1-20(2)28(27(31)34-7,24-12-13-25(32-5)21(3)18-24)15-9-16-29(4)17-14-22-10-8-11-23(19-22)26(30)33-6/h8,10-13,18-20H,9,14-17H2,1-7H3. The van der Waals surface area contributed by atoms with Crippen LogP contribution in [0.3, 0.4) is 0 Å². The van der Waals surface area contributed by atoms with Crippen molar-refractivity contribution in [3.63, 3.8) is 0 Å². The smallest absolute Gasteiger partial charge is 0.337 e. The number of hydrogen-bond acceptors (Lipinski definition) is 6. The van der Waals surface area contributed by atoms with Crippen molar-refractivity contribution in [2.75, 3.05) is 41.5 Å². The Bertz CT molecular complexity index is 971. The summed E-state index contributed by atoms with van der Waals surface area (Å²) in [6.07, 6.45) is 2.35. The van der Waals surface area contributed by atoms with Gasteiger partial charge in [0.2, 0.25) is 0 Å². The van der Waals surface area contributed by atoms with E-state index in [1.54, 1.807) is 13.2 Å². The number of ether oxygens (including phenoxy) is 3. The zero-order valence-corrected chi connectivity index (χ0v) is 21.6. The third-order valence-electron chi connectivity index (χ3n) is 6.69. The summed E-state index contributed by atoms with van der Waals surface area (Å²) in [6, 6.07) is 13.5. The lowest BCUT2D eigenvalue weighted by atomic mass is 9.68. The minimum Gasteiger partial charge on any atom is -0.496 e. The van der Waals surface area contributed by atoms with Crippen molar-refractivity contribution in [2.45, 2.75) is 45.4 Å². The van der Waals surface area contributed by atoms with Gasteiger partial charge in [0, 0.05) is 6.54 Å². The zero-order valence-electron chi connectivity index (χ0n) is 21.6. The molecular formula is C28H39NO5. The van der Waals surface area contributed by atoms with Crippen LogP contribution in [-0.4, -0.2) is 58.3 Å². The van der Waals surface area contributed by atoms with Crippen molar-refractivity contribution in [3.05, 3.63) is 64.7 Å². The maximum Gasteiger partial charge on any atom is 0.337 e. The number of aryl methyl sites for hydroxylation is 1. The maximum atomic E-state index is 13.1. The van der Waals surface area contributed by atoms with Gasteiger partial charge in [-0.1, -0.05) is 38.1 Å². The fraction of sp³-hybridized carbons (Fsp3) is 0.500. The van der Waals surface area contributed by atoms with E-state index in [9.17, 15) is 9.59 Å². The number of benzene rings is 2. The summed E-state index contributed by atoms with van der Waals surface area (Å²) in [4.78, 5) is 27.2. The van der Waals surface area contributed by atoms with Gasteiger partial charge in [-0.2, -0.15) is 0 Å². The summed E-state index contributed by atoms with van der Waals surface area (Å²) in [5, 5.41) is 0. The van der Waals surface area contributed by atoms with Crippen molar-refractivity contribution in [1.29, 1.82) is 0 Å². The van der Waals surface area contributed by atoms with E-state index in [1.165, 1.54) is 14.2 Å². The summed E-state index contributed by atoms with van der Waals surface area (Å²) in [5.74, 6) is 0.354. The van der Waals surface area contributed by atoms with Crippen LogP contribution in [0.25, 0.3) is 0 Å². The number of rotatable bonds is 12. The first kappa shape index (κ1) is 27.4. The summed E-state index contributed by atoms with van der Waals surface area (Å²) in [6.45, 7) is 7.84. The zero-order chi connectivity index (χ0) is 25.3. The Morgan fingerprint density at radius 3 is 2.32 bits per heavy atom. The van der Waals surface area contributed by atoms with Gasteiger partial charge in [0.05, 0.1) is 32.3 Å². The van der Waals surface area contributed by atoms with Crippen molar-refractivity contribution in [3.8, 4) is 5.75 Å². The largest absolute Gasteiger partial charge is 0.496 e. The van der Waals surface area contributed by atoms with Crippen molar-refractivity contribution >= 4 is 11.9 Å². The molecule has 2 aromatic carbocycles. The lowest BCUT2D eigenvalue weighted by molar-refractivity contribution is -0.150. The average molecular weight is 470 g/mol. The Morgan fingerprint density at radius 2 is 1.74 bits per heavy atom. The Hall–Kier alpha value is -2.86. The van der Waals surface area contributed by atoms with Gasteiger partial charge in [0.1, 0.15) is 5.75 Å². The van der Waals surface area contributed by atoms with E-state index in [-0.39, 0.29) is 17.9 Å². The first-order chi connectivity index (χ1) is 16.2. The molecule has 0 amide bonds. The molecule has 34 heavy (non-hydrogen) atoms. The number of carbonyl (C=O) groups excluding carboxylic acids is 2. The Balaban J connectivity index is 2.08. The second kappa shape index (κ2) is 12.6. The van der Waals surface area contributed by atoms with E-state index in [0.717, 1.165) is 48.4 Å². The van der Waals surface area contributed by atoms with Gasteiger partial charge in [-0.3, -0.25) is 4.79 Å². The number of esters is 2. The van der Waals surface area contributed by atoms with E-state index in [4.69, 9.17) is 14.2 Å². The molecule has 1 unspecified atom stereocenters. The molecule has 0 bridgehead atoms. The van der Waals surface area contributed by atoms with E-state index in [2.05, 4.69) is 25.8 Å². The fourth-order valence-electron chi connectivity index (χ4n) is 4.59. The van der Waals surface area contributed by atoms with Crippen LogP contribution in [0.2, 0.25) is 0 Å². The summed E-state index contributed by atoms with van der Waals surface area (Å²) >= 11 is 0. The molecule has 0 aliphatic rings. The van der Waals surface area contributed by atoms with Crippen LogP contribution in [-0.2, 0) is 26.1 Å². The Kier molecular flexibility index (Phi) is 10.1. The highest BCUT2D eigenvalue weighted by atomic mass is 16.5. The van der Waals surface area contributed by atoms with Crippen molar-refractivity contribution < 1.29 is 23.8 Å². The van der Waals surface area contributed by atoms with Gasteiger partial charge in [0.25, 0.3) is 0 Å². The molecule has 0 spiro atoms. The van der Waals surface area contributed by atoms with Gasteiger partial charge in [-0.05, 0) is 80.6 Å². The SMILES string of the molecule is COC(=O)c1cccc(CCN(C)CCCC(C(=O)OC)(c2ccc(OC)c(C)c2)C(C)C)c1. The van der Waals surface area contributed by atoms with E-state index in [1.807, 2.05) is 43.3 Å². The van der Waals surface area contributed by atoms with Gasteiger partial charge in [-0.25, -0.2) is 4.79 Å². The molecule has 0 radical (unpaired) electrons.